The lowest BCUT2D eigenvalue weighted by molar-refractivity contribution is 0.340. The molecule has 2 aromatic carbocycles. The topological polar surface area (TPSA) is 49.8 Å². The van der Waals surface area contributed by atoms with Crippen LogP contribution in [0, 0.1) is 6.92 Å². The van der Waals surface area contributed by atoms with Crippen molar-refractivity contribution in [1.29, 1.82) is 0 Å². The van der Waals surface area contributed by atoms with Crippen molar-refractivity contribution in [1.82, 2.24) is 0 Å². The summed E-state index contributed by atoms with van der Waals surface area (Å²) in [6.45, 7) is 4.51. The highest BCUT2D eigenvalue weighted by molar-refractivity contribution is 7.81. The summed E-state index contributed by atoms with van der Waals surface area (Å²) < 4.78 is 28.6. The van der Waals surface area contributed by atoms with E-state index in [9.17, 15) is 8.76 Å². The summed E-state index contributed by atoms with van der Waals surface area (Å²) >= 11 is -0.605. The van der Waals surface area contributed by atoms with E-state index in [1.807, 2.05) is 73.8 Å². The maximum Gasteiger partial charge on any atom is 0.266 e. The Hall–Kier alpha value is -2.15. The SMILES string of the molecule is CCOc1ccc(-c2cc(N(c3ccccc3C)S(=O)O)cs2)cc1. The van der Waals surface area contributed by atoms with Crippen LogP contribution in [0.4, 0.5) is 11.4 Å². The van der Waals surface area contributed by atoms with E-state index in [2.05, 4.69) is 0 Å². The Bertz CT molecular complexity index is 874. The number of benzene rings is 2. The third kappa shape index (κ3) is 3.92. The van der Waals surface area contributed by atoms with Gasteiger partial charge in [-0.05, 0) is 61.4 Å². The molecular formula is C19H19NO3S2. The molecule has 1 unspecified atom stereocenters. The zero-order valence-electron chi connectivity index (χ0n) is 14.0. The van der Waals surface area contributed by atoms with Crippen LogP contribution >= 0.6 is 11.3 Å². The van der Waals surface area contributed by atoms with Crippen molar-refractivity contribution < 1.29 is 13.5 Å². The van der Waals surface area contributed by atoms with Crippen LogP contribution in [0.2, 0.25) is 0 Å². The fourth-order valence-corrected chi connectivity index (χ4v) is 4.18. The van der Waals surface area contributed by atoms with E-state index in [1.165, 1.54) is 4.31 Å². The van der Waals surface area contributed by atoms with Crippen LogP contribution in [0.5, 0.6) is 5.75 Å². The number of hydrogen-bond donors (Lipinski definition) is 1. The van der Waals surface area contributed by atoms with Crippen molar-refractivity contribution in [2.45, 2.75) is 13.8 Å². The molecule has 0 aliphatic heterocycles. The third-order valence-electron chi connectivity index (χ3n) is 3.76. The maximum absolute atomic E-state index is 11.9. The number of nitrogens with zero attached hydrogens (tertiary/aromatic N) is 1. The average Bonchev–Trinajstić information content (AvgIpc) is 3.07. The summed E-state index contributed by atoms with van der Waals surface area (Å²) in [7, 11) is 0. The minimum Gasteiger partial charge on any atom is -0.494 e. The molecule has 0 fully saturated rings. The van der Waals surface area contributed by atoms with Crippen molar-refractivity contribution in [3.8, 4) is 16.2 Å². The van der Waals surface area contributed by atoms with E-state index in [0.717, 1.165) is 27.4 Å². The van der Waals surface area contributed by atoms with Crippen molar-refractivity contribution in [2.24, 2.45) is 0 Å². The van der Waals surface area contributed by atoms with E-state index in [4.69, 9.17) is 4.74 Å². The fraction of sp³-hybridized carbons (Fsp3) is 0.158. The van der Waals surface area contributed by atoms with Crippen LogP contribution in [0.15, 0.2) is 60.0 Å². The van der Waals surface area contributed by atoms with Crippen LogP contribution < -0.4 is 9.04 Å². The van der Waals surface area contributed by atoms with Crippen LogP contribution in [-0.2, 0) is 11.3 Å². The van der Waals surface area contributed by atoms with Gasteiger partial charge in [-0.25, -0.2) is 8.51 Å². The molecule has 0 aliphatic carbocycles. The summed E-state index contributed by atoms with van der Waals surface area (Å²) in [4.78, 5) is 1.03. The first kappa shape index (κ1) is 17.7. The predicted octanol–water partition coefficient (Wildman–Crippen LogP) is 5.40. The molecule has 0 saturated carbocycles. The van der Waals surface area contributed by atoms with E-state index >= 15 is 0 Å². The largest absolute Gasteiger partial charge is 0.494 e. The molecule has 4 nitrogen and oxygen atoms in total. The van der Waals surface area contributed by atoms with Gasteiger partial charge in [0, 0.05) is 10.3 Å². The maximum atomic E-state index is 11.9. The van der Waals surface area contributed by atoms with E-state index in [1.54, 1.807) is 11.3 Å². The van der Waals surface area contributed by atoms with Crippen LogP contribution in [0.3, 0.4) is 0 Å². The van der Waals surface area contributed by atoms with E-state index < -0.39 is 11.3 Å². The van der Waals surface area contributed by atoms with Gasteiger partial charge in [0.25, 0.3) is 11.3 Å². The molecule has 6 heteroatoms. The van der Waals surface area contributed by atoms with Crippen molar-refractivity contribution >= 4 is 34.0 Å². The highest BCUT2D eigenvalue weighted by Crippen LogP contribution is 2.37. The molecule has 130 valence electrons. The quantitative estimate of drug-likeness (QED) is 0.589. The van der Waals surface area contributed by atoms with Gasteiger partial charge in [-0.3, -0.25) is 4.55 Å². The van der Waals surface area contributed by atoms with Gasteiger partial charge >= 0.3 is 0 Å². The molecule has 3 aromatic rings. The van der Waals surface area contributed by atoms with Crippen molar-refractivity contribution in [3.63, 3.8) is 0 Å². The number of para-hydroxylation sites is 1. The van der Waals surface area contributed by atoms with Gasteiger partial charge in [-0.1, -0.05) is 18.2 Å². The van der Waals surface area contributed by atoms with Crippen molar-refractivity contribution in [3.05, 3.63) is 65.5 Å². The monoisotopic (exact) mass is 373 g/mol. The number of thiophene rings is 1. The molecular weight excluding hydrogens is 354 g/mol. The van der Waals surface area contributed by atoms with Gasteiger partial charge in [0.05, 0.1) is 18.0 Å². The zero-order valence-corrected chi connectivity index (χ0v) is 15.6. The second-order valence-corrected chi connectivity index (χ2v) is 7.18. The molecule has 3 rings (SSSR count). The lowest BCUT2D eigenvalue weighted by atomic mass is 10.1. The second kappa shape index (κ2) is 7.82. The Balaban J connectivity index is 1.93. The Labute approximate surface area is 154 Å². The molecule has 0 aliphatic rings. The van der Waals surface area contributed by atoms with Gasteiger partial charge in [-0.15, -0.1) is 11.3 Å². The summed E-state index contributed by atoms with van der Waals surface area (Å²) in [6.07, 6.45) is 0. The number of hydrogen-bond acceptors (Lipinski definition) is 3. The normalized spacial score (nSPS) is 12.0. The number of anilines is 2. The summed E-state index contributed by atoms with van der Waals surface area (Å²) in [6, 6.07) is 17.3. The first-order chi connectivity index (χ1) is 12.1. The molecule has 1 aromatic heterocycles. The molecule has 1 atom stereocenters. The van der Waals surface area contributed by atoms with Gasteiger partial charge in [0.15, 0.2) is 0 Å². The second-order valence-electron chi connectivity index (χ2n) is 5.44. The summed E-state index contributed by atoms with van der Waals surface area (Å²) in [5.41, 5.74) is 3.41. The molecule has 1 heterocycles. The Morgan fingerprint density at radius 2 is 1.88 bits per heavy atom. The number of ether oxygens (including phenoxy) is 1. The lowest BCUT2D eigenvalue weighted by Gasteiger charge is -2.20. The molecule has 1 N–H and O–H groups in total. The van der Waals surface area contributed by atoms with Gasteiger partial charge in [0.1, 0.15) is 5.75 Å². The van der Waals surface area contributed by atoms with Crippen molar-refractivity contribution in [2.75, 3.05) is 10.9 Å². The van der Waals surface area contributed by atoms with Gasteiger partial charge < -0.3 is 4.74 Å². The van der Waals surface area contributed by atoms with Crippen LogP contribution in [0.25, 0.3) is 10.4 Å². The molecule has 0 saturated heterocycles. The molecule has 0 radical (unpaired) electrons. The van der Waals surface area contributed by atoms with Crippen LogP contribution in [-0.4, -0.2) is 15.4 Å². The average molecular weight is 373 g/mol. The minimum atomic E-state index is -2.15. The molecule has 0 amide bonds. The highest BCUT2D eigenvalue weighted by atomic mass is 32.2. The zero-order chi connectivity index (χ0) is 17.8. The fourth-order valence-electron chi connectivity index (χ4n) is 2.57. The standard InChI is InChI=1S/C19H19NO3S2/c1-3-23-17-10-8-15(9-11-17)19-12-16(13-24-19)20(25(21)22)18-7-5-4-6-14(18)2/h4-13H,3H2,1-2H3,(H,21,22). The highest BCUT2D eigenvalue weighted by Gasteiger charge is 2.18. The lowest BCUT2D eigenvalue weighted by Crippen LogP contribution is -2.19. The Morgan fingerprint density at radius 3 is 2.52 bits per heavy atom. The Kier molecular flexibility index (Phi) is 5.53. The van der Waals surface area contributed by atoms with Gasteiger partial charge in [0.2, 0.25) is 0 Å². The number of rotatable bonds is 6. The van der Waals surface area contributed by atoms with E-state index in [-0.39, 0.29) is 0 Å². The Morgan fingerprint density at radius 1 is 1.16 bits per heavy atom. The molecule has 0 spiro atoms. The first-order valence-corrected chi connectivity index (χ1v) is 9.83. The smallest absolute Gasteiger partial charge is 0.266 e. The van der Waals surface area contributed by atoms with Gasteiger partial charge in [-0.2, -0.15) is 0 Å². The molecule has 25 heavy (non-hydrogen) atoms. The number of aryl methyl sites for hydroxylation is 1. The minimum absolute atomic E-state index is 0.635. The third-order valence-corrected chi connectivity index (χ3v) is 5.45. The molecule has 0 bridgehead atoms. The first-order valence-electron chi connectivity index (χ1n) is 7.88. The summed E-state index contributed by atoms with van der Waals surface area (Å²) in [5, 5.41) is 1.90. The predicted molar refractivity (Wildman–Crippen MR) is 105 cm³/mol. The summed E-state index contributed by atoms with van der Waals surface area (Å²) in [5.74, 6) is 0.834. The van der Waals surface area contributed by atoms with E-state index in [0.29, 0.717) is 12.3 Å². The van der Waals surface area contributed by atoms with Crippen LogP contribution in [0.1, 0.15) is 12.5 Å².